The van der Waals surface area contributed by atoms with E-state index < -0.39 is 24.6 Å². The van der Waals surface area contributed by atoms with Gasteiger partial charge in [-0.3, -0.25) is 10.1 Å². The maximum atomic E-state index is 12.7. The Morgan fingerprint density at radius 3 is 2.73 bits per heavy atom. The monoisotopic (exact) mass is 464 g/mol. The highest BCUT2D eigenvalue weighted by molar-refractivity contribution is 5.92. The van der Waals surface area contributed by atoms with E-state index in [1.807, 2.05) is 0 Å². The third-order valence-electron chi connectivity index (χ3n) is 4.36. The summed E-state index contributed by atoms with van der Waals surface area (Å²) in [5, 5.41) is 20.5. The maximum Gasteiger partial charge on any atom is 0.387 e. The van der Waals surface area contributed by atoms with Crippen LogP contribution in [-0.2, 0) is 4.79 Å². The Labute approximate surface area is 186 Å². The van der Waals surface area contributed by atoms with E-state index in [1.54, 1.807) is 31.3 Å². The van der Waals surface area contributed by atoms with Crippen LogP contribution in [0.2, 0.25) is 0 Å². The average Bonchev–Trinajstić information content (AvgIpc) is 3.18. The van der Waals surface area contributed by atoms with E-state index in [-0.39, 0.29) is 30.6 Å². The molecule has 0 aliphatic heterocycles. The molecule has 33 heavy (non-hydrogen) atoms. The molecule has 0 saturated heterocycles. The molecule has 176 valence electrons. The van der Waals surface area contributed by atoms with Crippen LogP contribution in [0.5, 0.6) is 11.6 Å². The van der Waals surface area contributed by atoms with Crippen LogP contribution in [0.3, 0.4) is 0 Å². The number of pyridine rings is 2. The number of aliphatic hydroxyl groups excluding tert-OH is 1. The van der Waals surface area contributed by atoms with Gasteiger partial charge in [-0.15, -0.1) is 5.10 Å². The molecule has 4 N–H and O–H groups in total. The third kappa shape index (κ3) is 6.26. The van der Waals surface area contributed by atoms with Crippen LogP contribution in [0.4, 0.5) is 19.4 Å². The van der Waals surface area contributed by atoms with Gasteiger partial charge in [-0.2, -0.15) is 8.78 Å². The van der Waals surface area contributed by atoms with Crippen LogP contribution in [0.25, 0.3) is 16.6 Å². The molecule has 3 rings (SSSR count). The minimum absolute atomic E-state index is 0.0681. The van der Waals surface area contributed by atoms with Crippen molar-refractivity contribution < 1.29 is 33.0 Å². The van der Waals surface area contributed by atoms with Gasteiger partial charge >= 0.3 is 12.6 Å². The molecule has 0 saturated carbocycles. The Morgan fingerprint density at radius 1 is 1.24 bits per heavy atom. The van der Waals surface area contributed by atoms with Crippen molar-refractivity contribution in [1.29, 1.82) is 0 Å². The van der Waals surface area contributed by atoms with Gasteiger partial charge in [0.25, 0.3) is 5.88 Å². The van der Waals surface area contributed by atoms with Crippen LogP contribution in [0, 0.1) is 0 Å². The number of anilines is 1. The van der Waals surface area contributed by atoms with Crippen molar-refractivity contribution in [2.75, 3.05) is 25.6 Å². The van der Waals surface area contributed by atoms with Gasteiger partial charge < -0.3 is 25.2 Å². The molecule has 0 aromatic carbocycles. The number of methoxy groups -OCH3 is 1. The molecule has 3 amide bonds. The second kappa shape index (κ2) is 10.5. The first-order valence-electron chi connectivity index (χ1n) is 9.72. The number of rotatable bonds is 9. The zero-order chi connectivity index (χ0) is 24.0. The minimum atomic E-state index is -3.03. The molecular weight excluding hydrogens is 442 g/mol. The van der Waals surface area contributed by atoms with E-state index >= 15 is 0 Å². The number of aromatic nitrogens is 3. The lowest BCUT2D eigenvalue weighted by Gasteiger charge is -2.11. The predicted molar refractivity (Wildman–Crippen MR) is 113 cm³/mol. The molecule has 0 aliphatic carbocycles. The van der Waals surface area contributed by atoms with Crippen molar-refractivity contribution in [1.82, 2.24) is 25.2 Å². The van der Waals surface area contributed by atoms with Gasteiger partial charge in [0.1, 0.15) is 0 Å². The molecule has 0 aliphatic rings. The van der Waals surface area contributed by atoms with Gasteiger partial charge in [0, 0.05) is 30.1 Å². The lowest BCUT2D eigenvalue weighted by molar-refractivity contribution is -0.120. The van der Waals surface area contributed by atoms with Gasteiger partial charge in [0.15, 0.2) is 11.6 Å². The van der Waals surface area contributed by atoms with Gasteiger partial charge in [-0.1, -0.05) is 0 Å². The third-order valence-corrected chi connectivity index (χ3v) is 4.36. The number of amides is 3. The molecule has 3 aromatic rings. The standard InChI is InChI=1S/C20H22F2N6O5/c1-11(10-29)25-17(30)9-24-20(31)26-16-7-14-5-12(3-4-28(14)27-16)13-6-15(33-19(21)22)18(32-2)23-8-13/h3-8,11,19,29H,9-10H2,1-2H3,(H,25,30)(H2,24,26,27,31)/t11-/m1/s1. The summed E-state index contributed by atoms with van der Waals surface area (Å²) in [7, 11) is 1.30. The van der Waals surface area contributed by atoms with E-state index in [0.29, 0.717) is 16.6 Å². The number of urea groups is 1. The zero-order valence-corrected chi connectivity index (χ0v) is 17.7. The highest BCUT2D eigenvalue weighted by atomic mass is 19.3. The van der Waals surface area contributed by atoms with E-state index in [1.165, 1.54) is 23.9 Å². The predicted octanol–water partition coefficient (Wildman–Crippen LogP) is 1.62. The average molecular weight is 464 g/mol. The number of nitrogens with one attached hydrogen (secondary N) is 3. The first kappa shape index (κ1) is 23.7. The summed E-state index contributed by atoms with van der Waals surface area (Å²) < 4.78 is 36.2. The van der Waals surface area contributed by atoms with Gasteiger partial charge in [-0.25, -0.2) is 14.3 Å². The Balaban J connectivity index is 1.70. The van der Waals surface area contributed by atoms with E-state index in [4.69, 9.17) is 9.84 Å². The number of nitrogens with zero attached hydrogens (tertiary/aromatic N) is 3. The van der Waals surface area contributed by atoms with Crippen molar-refractivity contribution in [2.24, 2.45) is 0 Å². The van der Waals surface area contributed by atoms with Crippen LogP contribution in [0.15, 0.2) is 36.7 Å². The normalized spacial score (nSPS) is 11.8. The molecule has 0 unspecified atom stereocenters. The summed E-state index contributed by atoms with van der Waals surface area (Å²) in [4.78, 5) is 27.7. The number of carbonyl (C=O) groups excluding carboxylic acids is 2. The molecule has 1 atom stereocenters. The van der Waals surface area contributed by atoms with Crippen LogP contribution in [0.1, 0.15) is 6.92 Å². The molecule has 13 heteroatoms. The summed E-state index contributed by atoms with van der Waals surface area (Å²) in [6.45, 7) is -1.90. The summed E-state index contributed by atoms with van der Waals surface area (Å²) >= 11 is 0. The van der Waals surface area contributed by atoms with Crippen molar-refractivity contribution in [3.05, 3.63) is 36.7 Å². The molecular formula is C20H22F2N6O5. The fourth-order valence-electron chi connectivity index (χ4n) is 2.85. The number of ether oxygens (including phenoxy) is 2. The SMILES string of the molecule is COc1ncc(-c2ccn3nc(NC(=O)NCC(=O)N[C@H](C)CO)cc3c2)cc1OC(F)F. The summed E-state index contributed by atoms with van der Waals surface area (Å²) in [6, 6.07) is 5.31. The Hall–Kier alpha value is -4.00. The molecule has 0 fully saturated rings. The van der Waals surface area contributed by atoms with Crippen molar-refractivity contribution in [3.8, 4) is 22.8 Å². The van der Waals surface area contributed by atoms with Crippen LogP contribution < -0.4 is 25.4 Å². The second-order valence-corrected chi connectivity index (χ2v) is 6.88. The summed E-state index contributed by atoms with van der Waals surface area (Å²) in [6.07, 6.45) is 3.07. The van der Waals surface area contributed by atoms with Crippen LogP contribution >= 0.6 is 0 Å². The smallest absolute Gasteiger partial charge is 0.387 e. The maximum absolute atomic E-state index is 12.7. The number of hydrogen-bond acceptors (Lipinski definition) is 7. The summed E-state index contributed by atoms with van der Waals surface area (Å²) in [5.74, 6) is -0.491. The van der Waals surface area contributed by atoms with Gasteiger partial charge in [-0.05, 0) is 30.7 Å². The molecule has 0 spiro atoms. The van der Waals surface area contributed by atoms with E-state index in [9.17, 15) is 18.4 Å². The number of halogens is 2. The molecule has 3 aromatic heterocycles. The first-order chi connectivity index (χ1) is 15.8. The first-order valence-corrected chi connectivity index (χ1v) is 9.72. The van der Waals surface area contributed by atoms with Crippen LogP contribution in [-0.4, -0.2) is 64.6 Å². The number of fused-ring (bicyclic) bond motifs is 1. The fourth-order valence-corrected chi connectivity index (χ4v) is 2.85. The Bertz CT molecular complexity index is 1140. The topological polar surface area (TPSA) is 139 Å². The highest BCUT2D eigenvalue weighted by Crippen LogP contribution is 2.31. The number of hydrogen-bond donors (Lipinski definition) is 4. The van der Waals surface area contributed by atoms with E-state index in [0.717, 1.165) is 0 Å². The number of carbonyl (C=O) groups is 2. The number of aliphatic hydroxyl groups is 1. The molecule has 11 nitrogen and oxygen atoms in total. The van der Waals surface area contributed by atoms with Crippen molar-refractivity contribution in [2.45, 2.75) is 19.6 Å². The lowest BCUT2D eigenvalue weighted by Crippen LogP contribution is -2.43. The number of alkyl halides is 2. The minimum Gasteiger partial charge on any atom is -0.478 e. The Morgan fingerprint density at radius 2 is 2.03 bits per heavy atom. The fraction of sp³-hybridized carbons (Fsp3) is 0.300. The van der Waals surface area contributed by atoms with Gasteiger partial charge in [0.2, 0.25) is 5.91 Å². The summed E-state index contributed by atoms with van der Waals surface area (Å²) in [5.41, 5.74) is 1.75. The Kier molecular flexibility index (Phi) is 7.56. The zero-order valence-electron chi connectivity index (χ0n) is 17.7. The molecule has 3 heterocycles. The van der Waals surface area contributed by atoms with Crippen molar-refractivity contribution in [3.63, 3.8) is 0 Å². The van der Waals surface area contributed by atoms with Gasteiger partial charge in [0.05, 0.1) is 25.8 Å². The van der Waals surface area contributed by atoms with Crippen molar-refractivity contribution >= 4 is 23.3 Å². The largest absolute Gasteiger partial charge is 0.478 e. The second-order valence-electron chi connectivity index (χ2n) is 6.88. The lowest BCUT2D eigenvalue weighted by atomic mass is 10.1. The van der Waals surface area contributed by atoms with E-state index in [2.05, 4.69) is 30.8 Å². The highest BCUT2D eigenvalue weighted by Gasteiger charge is 2.15. The molecule has 0 bridgehead atoms. The molecule has 0 radical (unpaired) electrons. The quantitative estimate of drug-likeness (QED) is 0.377.